The van der Waals surface area contributed by atoms with Crippen LogP contribution in [-0.4, -0.2) is 29.8 Å². The maximum atomic E-state index is 12.2. The molecule has 1 aliphatic rings. The minimum absolute atomic E-state index is 0.421. The summed E-state index contributed by atoms with van der Waals surface area (Å²) >= 11 is 0. The number of nitrogens with zero attached hydrogens (tertiary/aromatic N) is 1. The van der Waals surface area contributed by atoms with Gasteiger partial charge < -0.3 is 10.2 Å². The van der Waals surface area contributed by atoms with E-state index in [0.717, 1.165) is 36.5 Å². The van der Waals surface area contributed by atoms with Crippen LogP contribution in [0.5, 0.6) is 0 Å². The Balaban J connectivity index is 1.70. The van der Waals surface area contributed by atoms with E-state index in [2.05, 4.69) is 5.32 Å². The van der Waals surface area contributed by atoms with Gasteiger partial charge in [0.05, 0.1) is 0 Å². The van der Waals surface area contributed by atoms with E-state index >= 15 is 0 Å². The molecule has 2 aromatic carbocycles. The Kier molecular flexibility index (Phi) is 4.37. The summed E-state index contributed by atoms with van der Waals surface area (Å²) in [6.45, 7) is 1.37. The van der Waals surface area contributed by atoms with Gasteiger partial charge in [-0.3, -0.25) is 9.59 Å². The summed E-state index contributed by atoms with van der Waals surface area (Å²) in [7, 11) is 0. The Morgan fingerprint density at radius 3 is 2.27 bits per heavy atom. The Labute approximate surface area is 130 Å². The molecule has 4 heteroatoms. The molecule has 0 unspecified atom stereocenters. The van der Waals surface area contributed by atoms with Crippen molar-refractivity contribution < 1.29 is 9.59 Å². The smallest absolute Gasteiger partial charge is 0.313 e. The molecule has 2 aromatic rings. The predicted molar refractivity (Wildman–Crippen MR) is 87.6 cm³/mol. The summed E-state index contributed by atoms with van der Waals surface area (Å²) in [5.41, 5.74) is 0.659. The minimum atomic E-state index is -0.544. The van der Waals surface area contributed by atoms with Crippen molar-refractivity contribution in [1.29, 1.82) is 0 Å². The van der Waals surface area contributed by atoms with E-state index in [4.69, 9.17) is 0 Å². The molecule has 0 radical (unpaired) electrons. The lowest BCUT2D eigenvalue weighted by atomic mass is 10.1. The van der Waals surface area contributed by atoms with Crippen molar-refractivity contribution in [2.75, 3.05) is 18.4 Å². The lowest BCUT2D eigenvalue weighted by Gasteiger charge is -2.19. The summed E-state index contributed by atoms with van der Waals surface area (Å²) < 4.78 is 0. The van der Waals surface area contributed by atoms with Crippen LogP contribution in [0.4, 0.5) is 5.69 Å². The number of likely N-dealkylation sites (tertiary alicyclic amines) is 1. The van der Waals surface area contributed by atoms with Crippen molar-refractivity contribution in [3.8, 4) is 0 Å². The zero-order valence-electron chi connectivity index (χ0n) is 12.5. The Bertz CT molecular complexity index is 688. The number of hydrogen-bond donors (Lipinski definition) is 1. The van der Waals surface area contributed by atoms with Crippen LogP contribution in [0.2, 0.25) is 0 Å². The number of amides is 2. The number of anilines is 1. The molecular formula is C18H20N2O2. The van der Waals surface area contributed by atoms with E-state index in [0.29, 0.717) is 18.8 Å². The van der Waals surface area contributed by atoms with Gasteiger partial charge in [0.15, 0.2) is 0 Å². The van der Waals surface area contributed by atoms with Crippen LogP contribution in [-0.2, 0) is 9.59 Å². The second kappa shape index (κ2) is 6.60. The Morgan fingerprint density at radius 1 is 0.864 bits per heavy atom. The molecule has 4 nitrogen and oxygen atoms in total. The van der Waals surface area contributed by atoms with Gasteiger partial charge in [-0.05, 0) is 35.7 Å². The fraction of sp³-hybridized carbons (Fsp3) is 0.333. The van der Waals surface area contributed by atoms with Crippen molar-refractivity contribution in [1.82, 2.24) is 4.90 Å². The molecule has 3 rings (SSSR count). The average Bonchev–Trinajstić information content (AvgIpc) is 2.83. The molecule has 1 saturated heterocycles. The summed E-state index contributed by atoms with van der Waals surface area (Å²) in [5.74, 6) is -0.966. The van der Waals surface area contributed by atoms with E-state index in [1.165, 1.54) is 0 Å². The van der Waals surface area contributed by atoms with Gasteiger partial charge in [0, 0.05) is 18.8 Å². The molecule has 1 fully saturated rings. The van der Waals surface area contributed by atoms with Gasteiger partial charge in [-0.15, -0.1) is 0 Å². The molecule has 2 amide bonds. The maximum absolute atomic E-state index is 12.2. The van der Waals surface area contributed by atoms with Crippen LogP contribution in [0.1, 0.15) is 25.7 Å². The van der Waals surface area contributed by atoms with Gasteiger partial charge in [0.2, 0.25) is 0 Å². The number of carbonyl (C=O) groups is 2. The number of nitrogens with one attached hydrogen (secondary N) is 1. The summed E-state index contributed by atoms with van der Waals surface area (Å²) in [5, 5.41) is 4.88. The molecule has 1 aliphatic heterocycles. The molecular weight excluding hydrogens is 276 g/mol. The highest BCUT2D eigenvalue weighted by Gasteiger charge is 2.22. The molecule has 1 heterocycles. The number of rotatable bonds is 1. The second-order valence-electron chi connectivity index (χ2n) is 5.72. The highest BCUT2D eigenvalue weighted by atomic mass is 16.2. The van der Waals surface area contributed by atoms with Crippen LogP contribution < -0.4 is 5.32 Å². The number of carbonyl (C=O) groups excluding carboxylic acids is 2. The second-order valence-corrected chi connectivity index (χ2v) is 5.72. The minimum Gasteiger partial charge on any atom is -0.334 e. The zero-order chi connectivity index (χ0) is 15.4. The standard InChI is InChI=1S/C18H20N2O2/c21-17(18(22)20-11-5-1-2-6-12-20)19-16-10-9-14-7-3-4-8-15(14)13-16/h3-4,7-10,13H,1-2,5-6,11-12H2,(H,19,21). The first-order chi connectivity index (χ1) is 10.7. The van der Waals surface area contributed by atoms with Gasteiger partial charge in [0.25, 0.3) is 0 Å². The molecule has 114 valence electrons. The van der Waals surface area contributed by atoms with E-state index in [9.17, 15) is 9.59 Å². The third-order valence-corrected chi connectivity index (χ3v) is 4.09. The molecule has 1 N–H and O–H groups in total. The van der Waals surface area contributed by atoms with E-state index in [-0.39, 0.29) is 0 Å². The molecule has 22 heavy (non-hydrogen) atoms. The lowest BCUT2D eigenvalue weighted by Crippen LogP contribution is -2.40. The largest absolute Gasteiger partial charge is 0.334 e. The fourth-order valence-electron chi connectivity index (χ4n) is 2.87. The lowest BCUT2D eigenvalue weighted by molar-refractivity contribution is -0.143. The summed E-state index contributed by atoms with van der Waals surface area (Å²) in [6.07, 6.45) is 4.23. The van der Waals surface area contributed by atoms with Crippen LogP contribution in [0.15, 0.2) is 42.5 Å². The highest BCUT2D eigenvalue weighted by molar-refractivity contribution is 6.39. The van der Waals surface area contributed by atoms with Crippen LogP contribution >= 0.6 is 0 Å². The molecule has 0 aliphatic carbocycles. The maximum Gasteiger partial charge on any atom is 0.313 e. The first-order valence-corrected chi connectivity index (χ1v) is 7.83. The van der Waals surface area contributed by atoms with Crippen molar-refractivity contribution >= 4 is 28.3 Å². The fourth-order valence-corrected chi connectivity index (χ4v) is 2.87. The van der Waals surface area contributed by atoms with E-state index in [1.807, 2.05) is 42.5 Å². The summed E-state index contributed by atoms with van der Waals surface area (Å²) in [6, 6.07) is 13.6. The SMILES string of the molecule is O=C(Nc1ccc2ccccc2c1)C(=O)N1CCCCCC1. The Morgan fingerprint density at radius 2 is 1.55 bits per heavy atom. The zero-order valence-corrected chi connectivity index (χ0v) is 12.5. The van der Waals surface area contributed by atoms with Crippen LogP contribution in [0.25, 0.3) is 10.8 Å². The number of fused-ring (bicyclic) bond motifs is 1. The van der Waals surface area contributed by atoms with Gasteiger partial charge in [-0.25, -0.2) is 0 Å². The average molecular weight is 296 g/mol. The van der Waals surface area contributed by atoms with Gasteiger partial charge in [-0.1, -0.05) is 43.2 Å². The first-order valence-electron chi connectivity index (χ1n) is 7.83. The third-order valence-electron chi connectivity index (χ3n) is 4.09. The first kappa shape index (κ1) is 14.6. The quantitative estimate of drug-likeness (QED) is 0.822. The van der Waals surface area contributed by atoms with Gasteiger partial charge in [0.1, 0.15) is 0 Å². The molecule has 0 saturated carbocycles. The van der Waals surface area contributed by atoms with E-state index in [1.54, 1.807) is 4.90 Å². The van der Waals surface area contributed by atoms with E-state index < -0.39 is 11.8 Å². The van der Waals surface area contributed by atoms with Gasteiger partial charge in [-0.2, -0.15) is 0 Å². The highest BCUT2D eigenvalue weighted by Crippen LogP contribution is 2.19. The predicted octanol–water partition coefficient (Wildman–Crippen LogP) is 3.18. The summed E-state index contributed by atoms with van der Waals surface area (Å²) in [4.78, 5) is 26.1. The van der Waals surface area contributed by atoms with Crippen molar-refractivity contribution in [3.63, 3.8) is 0 Å². The van der Waals surface area contributed by atoms with Crippen LogP contribution in [0, 0.1) is 0 Å². The molecule has 0 bridgehead atoms. The topological polar surface area (TPSA) is 49.4 Å². The number of hydrogen-bond acceptors (Lipinski definition) is 2. The van der Waals surface area contributed by atoms with Crippen molar-refractivity contribution in [3.05, 3.63) is 42.5 Å². The monoisotopic (exact) mass is 296 g/mol. The van der Waals surface area contributed by atoms with Crippen molar-refractivity contribution in [2.45, 2.75) is 25.7 Å². The third kappa shape index (κ3) is 3.27. The van der Waals surface area contributed by atoms with Crippen LogP contribution in [0.3, 0.4) is 0 Å². The molecule has 0 aromatic heterocycles. The normalized spacial score (nSPS) is 15.4. The number of benzene rings is 2. The molecule has 0 spiro atoms. The van der Waals surface area contributed by atoms with Gasteiger partial charge >= 0.3 is 11.8 Å². The Hall–Kier alpha value is -2.36. The van der Waals surface area contributed by atoms with Crippen molar-refractivity contribution in [2.24, 2.45) is 0 Å². The molecule has 0 atom stereocenters.